The van der Waals surface area contributed by atoms with Gasteiger partial charge in [0.2, 0.25) is 16.0 Å². The Balaban J connectivity index is 1.67. The topological polar surface area (TPSA) is 104 Å². The van der Waals surface area contributed by atoms with Crippen LogP contribution in [0.15, 0.2) is 33.7 Å². The van der Waals surface area contributed by atoms with Gasteiger partial charge in [-0.3, -0.25) is 9.78 Å². The lowest BCUT2D eigenvalue weighted by atomic mass is 10.2. The smallest absolute Gasteiger partial charge is 0.263 e. The molecule has 0 amide bonds. The summed E-state index contributed by atoms with van der Waals surface area (Å²) >= 11 is 3.44. The first kappa shape index (κ1) is 19.1. The summed E-state index contributed by atoms with van der Waals surface area (Å²) in [5, 5.41) is 4.88. The first-order valence-corrected chi connectivity index (χ1v) is 11.3. The number of aryl methyl sites for hydroxylation is 1. The largest absolute Gasteiger partial charge is 0.340 e. The van der Waals surface area contributed by atoms with E-state index in [1.807, 2.05) is 30.0 Å². The molecular weight excluding hydrogens is 448 g/mol. The van der Waals surface area contributed by atoms with Gasteiger partial charge in [0.05, 0.1) is 11.9 Å². The highest BCUT2D eigenvalue weighted by Gasteiger charge is 2.25. The molecule has 3 heterocycles. The van der Waals surface area contributed by atoms with Crippen LogP contribution in [0.3, 0.4) is 0 Å². The van der Waals surface area contributed by atoms with E-state index >= 15 is 0 Å². The van der Waals surface area contributed by atoms with Crippen LogP contribution in [0.1, 0.15) is 5.56 Å². The van der Waals surface area contributed by atoms with Crippen LogP contribution in [-0.2, 0) is 10.0 Å². The molecule has 9 nitrogen and oxygen atoms in total. The Morgan fingerprint density at radius 3 is 2.54 bits per heavy atom. The molecular formula is C17H19BrN6O3S. The van der Waals surface area contributed by atoms with Gasteiger partial charge in [0.15, 0.2) is 5.65 Å². The van der Waals surface area contributed by atoms with E-state index in [2.05, 4.69) is 31.0 Å². The van der Waals surface area contributed by atoms with E-state index in [1.54, 1.807) is 10.9 Å². The fraction of sp³-hybridized carbons (Fsp3) is 0.353. The van der Waals surface area contributed by atoms with E-state index in [0.29, 0.717) is 43.2 Å². The summed E-state index contributed by atoms with van der Waals surface area (Å²) in [5.74, 6) is 0.406. The lowest BCUT2D eigenvalue weighted by Gasteiger charge is -2.33. The molecule has 1 fully saturated rings. The summed E-state index contributed by atoms with van der Waals surface area (Å²) in [6, 6.07) is 5.82. The zero-order valence-corrected chi connectivity index (χ0v) is 17.8. The highest BCUT2D eigenvalue weighted by atomic mass is 79.9. The van der Waals surface area contributed by atoms with Crippen molar-refractivity contribution in [1.29, 1.82) is 0 Å². The van der Waals surface area contributed by atoms with Crippen LogP contribution in [-0.4, -0.2) is 64.9 Å². The maximum absolute atomic E-state index is 12.6. The number of fused-ring (bicyclic) bond motifs is 1. The van der Waals surface area contributed by atoms with E-state index in [-0.39, 0.29) is 5.56 Å². The summed E-state index contributed by atoms with van der Waals surface area (Å²) in [5.41, 5.74) is 1.96. The number of hydrogen-bond donors (Lipinski definition) is 1. The molecule has 1 saturated heterocycles. The Morgan fingerprint density at radius 2 is 1.89 bits per heavy atom. The van der Waals surface area contributed by atoms with E-state index in [4.69, 9.17) is 0 Å². The summed E-state index contributed by atoms with van der Waals surface area (Å²) in [6.07, 6.45) is 2.87. The molecule has 1 aromatic carbocycles. The predicted molar refractivity (Wildman–Crippen MR) is 111 cm³/mol. The van der Waals surface area contributed by atoms with Crippen molar-refractivity contribution in [3.63, 3.8) is 0 Å². The van der Waals surface area contributed by atoms with Crippen LogP contribution in [0.2, 0.25) is 0 Å². The standard InChI is InChI=1S/C17H19BrN6O3S/c1-11-9-12(18)3-4-14(11)24-10-13-15(21-24)19-17(20-16(13)25)22-5-7-23(8-6-22)28(2,26)27/h3-4,9-10H,5-8H2,1-2H3,(H,19,20,21,25). The van der Waals surface area contributed by atoms with Gasteiger partial charge in [-0.15, -0.1) is 5.10 Å². The molecule has 0 radical (unpaired) electrons. The van der Waals surface area contributed by atoms with Crippen molar-refractivity contribution in [2.75, 3.05) is 37.3 Å². The number of halogens is 1. The van der Waals surface area contributed by atoms with E-state index in [9.17, 15) is 13.2 Å². The van der Waals surface area contributed by atoms with Crippen molar-refractivity contribution in [2.24, 2.45) is 0 Å². The van der Waals surface area contributed by atoms with Gasteiger partial charge in [0, 0.05) is 36.8 Å². The average molecular weight is 467 g/mol. The first-order chi connectivity index (χ1) is 13.2. The third-order valence-electron chi connectivity index (χ3n) is 4.79. The minimum absolute atomic E-state index is 0.272. The second-order valence-corrected chi connectivity index (χ2v) is 9.68. The summed E-state index contributed by atoms with van der Waals surface area (Å²) < 4.78 is 27.4. The number of sulfonamides is 1. The Morgan fingerprint density at radius 1 is 1.18 bits per heavy atom. The van der Waals surface area contributed by atoms with Crippen LogP contribution in [0.4, 0.5) is 5.95 Å². The number of benzene rings is 1. The summed E-state index contributed by atoms with van der Waals surface area (Å²) in [4.78, 5) is 21.7. The van der Waals surface area contributed by atoms with Crippen LogP contribution in [0, 0.1) is 6.92 Å². The fourth-order valence-corrected chi connectivity index (χ4v) is 4.59. The minimum Gasteiger partial charge on any atom is -0.340 e. The van der Waals surface area contributed by atoms with Crippen molar-refractivity contribution < 1.29 is 8.42 Å². The molecule has 28 heavy (non-hydrogen) atoms. The number of anilines is 1. The quantitative estimate of drug-likeness (QED) is 0.622. The number of H-pyrrole nitrogens is 1. The molecule has 0 aliphatic carbocycles. The normalized spacial score (nSPS) is 16.0. The third-order valence-corrected chi connectivity index (χ3v) is 6.59. The molecule has 2 aromatic heterocycles. The van der Waals surface area contributed by atoms with Gasteiger partial charge in [-0.2, -0.15) is 9.29 Å². The third kappa shape index (κ3) is 3.56. The van der Waals surface area contributed by atoms with Gasteiger partial charge in [0.1, 0.15) is 5.39 Å². The van der Waals surface area contributed by atoms with Gasteiger partial charge in [-0.05, 0) is 30.7 Å². The Bertz CT molecular complexity index is 1210. The summed E-state index contributed by atoms with van der Waals surface area (Å²) in [7, 11) is -3.21. The number of hydrogen-bond acceptors (Lipinski definition) is 6. The maximum Gasteiger partial charge on any atom is 0.263 e. The molecule has 1 aliphatic rings. The van der Waals surface area contributed by atoms with Gasteiger partial charge in [-0.1, -0.05) is 15.9 Å². The number of aromatic nitrogens is 4. The minimum atomic E-state index is -3.21. The van der Waals surface area contributed by atoms with Crippen molar-refractivity contribution in [2.45, 2.75) is 6.92 Å². The number of nitrogens with zero attached hydrogens (tertiary/aromatic N) is 5. The zero-order chi connectivity index (χ0) is 20.1. The molecule has 11 heteroatoms. The Kier molecular flexibility index (Phi) is 4.76. The van der Waals surface area contributed by atoms with E-state index < -0.39 is 10.0 Å². The number of rotatable bonds is 3. The van der Waals surface area contributed by atoms with Crippen LogP contribution in [0.25, 0.3) is 16.7 Å². The second-order valence-electron chi connectivity index (χ2n) is 6.78. The van der Waals surface area contributed by atoms with Crippen LogP contribution in [0.5, 0.6) is 0 Å². The monoisotopic (exact) mass is 466 g/mol. The molecule has 0 spiro atoms. The molecule has 3 aromatic rings. The van der Waals surface area contributed by atoms with E-state index in [0.717, 1.165) is 15.7 Å². The number of piperazine rings is 1. The van der Waals surface area contributed by atoms with Crippen LogP contribution >= 0.6 is 15.9 Å². The summed E-state index contributed by atoms with van der Waals surface area (Å²) in [6.45, 7) is 3.58. The van der Waals surface area contributed by atoms with Gasteiger partial charge in [0.25, 0.3) is 5.56 Å². The Labute approximate surface area is 170 Å². The lowest BCUT2D eigenvalue weighted by Crippen LogP contribution is -2.49. The molecule has 0 bridgehead atoms. The zero-order valence-electron chi connectivity index (χ0n) is 15.4. The maximum atomic E-state index is 12.6. The molecule has 4 rings (SSSR count). The SMILES string of the molecule is Cc1cc(Br)ccc1-n1cc2c(=O)[nH]c(N3CCN(S(C)(=O)=O)CC3)nc2n1. The van der Waals surface area contributed by atoms with Crippen LogP contribution < -0.4 is 10.5 Å². The fourth-order valence-electron chi connectivity index (χ4n) is 3.29. The van der Waals surface area contributed by atoms with Gasteiger partial charge in [-0.25, -0.2) is 13.1 Å². The molecule has 1 aliphatic heterocycles. The van der Waals surface area contributed by atoms with Crippen molar-refractivity contribution in [3.8, 4) is 5.69 Å². The molecule has 1 N–H and O–H groups in total. The highest BCUT2D eigenvalue weighted by Crippen LogP contribution is 2.21. The Hall–Kier alpha value is -2.24. The lowest BCUT2D eigenvalue weighted by molar-refractivity contribution is 0.385. The second kappa shape index (κ2) is 6.98. The van der Waals surface area contributed by atoms with E-state index in [1.165, 1.54) is 10.6 Å². The molecule has 148 valence electrons. The van der Waals surface area contributed by atoms with Crippen molar-refractivity contribution in [1.82, 2.24) is 24.1 Å². The molecule has 0 unspecified atom stereocenters. The molecule has 0 saturated carbocycles. The molecule has 0 atom stereocenters. The first-order valence-electron chi connectivity index (χ1n) is 8.69. The number of aromatic amines is 1. The number of nitrogens with one attached hydrogen (secondary N) is 1. The van der Waals surface area contributed by atoms with Crippen molar-refractivity contribution >= 4 is 42.9 Å². The average Bonchev–Trinajstić information content (AvgIpc) is 3.05. The predicted octanol–water partition coefficient (Wildman–Crippen LogP) is 1.26. The highest BCUT2D eigenvalue weighted by molar-refractivity contribution is 9.10. The van der Waals surface area contributed by atoms with Gasteiger partial charge >= 0.3 is 0 Å². The van der Waals surface area contributed by atoms with Gasteiger partial charge < -0.3 is 4.90 Å². The van der Waals surface area contributed by atoms with Crippen molar-refractivity contribution in [3.05, 3.63) is 44.8 Å².